The van der Waals surface area contributed by atoms with E-state index in [-0.39, 0.29) is 0 Å². The van der Waals surface area contributed by atoms with Crippen molar-refractivity contribution in [2.24, 2.45) is 0 Å². The van der Waals surface area contributed by atoms with Crippen LogP contribution >= 0.6 is 15.9 Å². The van der Waals surface area contributed by atoms with E-state index in [2.05, 4.69) is 54.0 Å². The number of unbranched alkanes of at least 4 members (excludes halogenated alkanes) is 1. The Hall–Kier alpha value is -0.300. The van der Waals surface area contributed by atoms with Crippen molar-refractivity contribution >= 4 is 15.9 Å². The van der Waals surface area contributed by atoms with Gasteiger partial charge in [-0.3, -0.25) is 0 Å². The van der Waals surface area contributed by atoms with Gasteiger partial charge in [0.2, 0.25) is 0 Å². The molecule has 1 aromatic carbocycles. The smallest absolute Gasteiger partial charge is 0.0395 e. The molecule has 1 aromatic rings. The maximum absolute atomic E-state index is 3.73. The van der Waals surface area contributed by atoms with E-state index in [4.69, 9.17) is 0 Å². The molecule has 0 heterocycles. The third-order valence-corrected chi connectivity index (χ3v) is 3.55. The zero-order valence-corrected chi connectivity index (χ0v) is 10.7. The molecule has 0 fully saturated rings. The van der Waals surface area contributed by atoms with E-state index in [9.17, 15) is 0 Å². The van der Waals surface area contributed by atoms with Crippen molar-refractivity contribution in [3.05, 3.63) is 35.4 Å². The molecule has 0 nitrogen and oxygen atoms in total. The minimum Gasteiger partial charge on any atom is -0.0839 e. The summed E-state index contributed by atoms with van der Waals surface area (Å²) in [4.78, 5) is 0.536. The average Bonchev–Trinajstić information content (AvgIpc) is 2.26. The molecule has 0 aromatic heterocycles. The van der Waals surface area contributed by atoms with Crippen molar-refractivity contribution in [1.29, 1.82) is 0 Å². The summed E-state index contributed by atoms with van der Waals surface area (Å²) >= 11 is 3.73. The molecular formula is C13H19Br. The van der Waals surface area contributed by atoms with Crippen LogP contribution in [0.15, 0.2) is 24.3 Å². The molecule has 0 saturated carbocycles. The Morgan fingerprint density at radius 2 is 1.79 bits per heavy atom. The summed E-state index contributed by atoms with van der Waals surface area (Å²) in [7, 11) is 0. The number of benzene rings is 1. The second-order valence-electron chi connectivity index (χ2n) is 3.70. The first-order valence-corrected chi connectivity index (χ1v) is 6.42. The maximum Gasteiger partial charge on any atom is 0.0395 e. The zero-order valence-electron chi connectivity index (χ0n) is 9.09. The van der Waals surface area contributed by atoms with E-state index in [1.54, 1.807) is 0 Å². The summed E-state index contributed by atoms with van der Waals surface area (Å²) < 4.78 is 0. The van der Waals surface area contributed by atoms with Gasteiger partial charge in [0.1, 0.15) is 0 Å². The normalized spacial score (nSPS) is 12.8. The monoisotopic (exact) mass is 254 g/mol. The quantitative estimate of drug-likeness (QED) is 0.658. The fourth-order valence-electron chi connectivity index (χ4n) is 1.51. The van der Waals surface area contributed by atoms with Gasteiger partial charge in [-0.05, 0) is 24.0 Å². The lowest BCUT2D eigenvalue weighted by molar-refractivity contribution is 0.713. The highest BCUT2D eigenvalue weighted by Crippen LogP contribution is 2.28. The van der Waals surface area contributed by atoms with Gasteiger partial charge in [0.15, 0.2) is 0 Å². The molecule has 0 aliphatic rings. The molecule has 1 unspecified atom stereocenters. The number of hydrogen-bond acceptors (Lipinski definition) is 0. The molecule has 1 heteroatoms. The molecular weight excluding hydrogens is 236 g/mol. The number of rotatable bonds is 5. The van der Waals surface area contributed by atoms with Crippen molar-refractivity contribution in [2.75, 3.05) is 0 Å². The van der Waals surface area contributed by atoms with Gasteiger partial charge < -0.3 is 0 Å². The highest BCUT2D eigenvalue weighted by molar-refractivity contribution is 9.09. The second-order valence-corrected chi connectivity index (χ2v) is 4.81. The van der Waals surface area contributed by atoms with Crippen LogP contribution in [-0.2, 0) is 6.42 Å². The fourth-order valence-corrected chi connectivity index (χ4v) is 2.14. The standard InChI is InChI=1S/C13H19Br/c1-3-5-6-13(14)12-9-7-11(4-2)8-10-12/h7-10,13H,3-6H2,1-2H3. The molecule has 1 atom stereocenters. The molecule has 78 valence electrons. The lowest BCUT2D eigenvalue weighted by Gasteiger charge is -2.09. The fraction of sp³-hybridized carbons (Fsp3) is 0.538. The van der Waals surface area contributed by atoms with Gasteiger partial charge in [-0.25, -0.2) is 0 Å². The summed E-state index contributed by atoms with van der Waals surface area (Å²) in [6, 6.07) is 8.95. The van der Waals surface area contributed by atoms with Crippen molar-refractivity contribution in [1.82, 2.24) is 0 Å². The Kier molecular flexibility index (Phi) is 5.24. The van der Waals surface area contributed by atoms with E-state index < -0.39 is 0 Å². The number of alkyl halides is 1. The first kappa shape index (κ1) is 11.8. The Balaban J connectivity index is 2.57. The van der Waals surface area contributed by atoms with E-state index in [0.717, 1.165) is 6.42 Å². The van der Waals surface area contributed by atoms with Gasteiger partial charge in [-0.2, -0.15) is 0 Å². The summed E-state index contributed by atoms with van der Waals surface area (Å²) in [5.41, 5.74) is 2.83. The van der Waals surface area contributed by atoms with Crippen molar-refractivity contribution < 1.29 is 0 Å². The molecule has 0 N–H and O–H groups in total. The maximum atomic E-state index is 3.73. The minimum atomic E-state index is 0.536. The Morgan fingerprint density at radius 3 is 2.29 bits per heavy atom. The molecule has 0 radical (unpaired) electrons. The summed E-state index contributed by atoms with van der Waals surface area (Å²) in [5.74, 6) is 0. The Morgan fingerprint density at radius 1 is 1.14 bits per heavy atom. The predicted octanol–water partition coefficient (Wildman–Crippen LogP) is 4.88. The summed E-state index contributed by atoms with van der Waals surface area (Å²) in [5, 5.41) is 0. The molecule has 0 spiro atoms. The van der Waals surface area contributed by atoms with Gasteiger partial charge in [0.25, 0.3) is 0 Å². The lowest BCUT2D eigenvalue weighted by atomic mass is 10.0. The van der Waals surface area contributed by atoms with Crippen LogP contribution in [0.3, 0.4) is 0 Å². The molecule has 1 rings (SSSR count). The lowest BCUT2D eigenvalue weighted by Crippen LogP contribution is -1.90. The van der Waals surface area contributed by atoms with Gasteiger partial charge in [-0.1, -0.05) is 66.9 Å². The first-order chi connectivity index (χ1) is 6.77. The topological polar surface area (TPSA) is 0 Å². The first-order valence-electron chi connectivity index (χ1n) is 5.50. The predicted molar refractivity (Wildman–Crippen MR) is 67.0 cm³/mol. The van der Waals surface area contributed by atoms with Crippen LogP contribution in [0.25, 0.3) is 0 Å². The van der Waals surface area contributed by atoms with Crippen molar-refractivity contribution in [2.45, 2.75) is 44.4 Å². The van der Waals surface area contributed by atoms with Crippen LogP contribution in [0.4, 0.5) is 0 Å². The highest BCUT2D eigenvalue weighted by atomic mass is 79.9. The van der Waals surface area contributed by atoms with Crippen LogP contribution in [-0.4, -0.2) is 0 Å². The SMILES string of the molecule is CCCCC(Br)c1ccc(CC)cc1. The number of hydrogen-bond donors (Lipinski definition) is 0. The number of halogens is 1. The summed E-state index contributed by atoms with van der Waals surface area (Å²) in [6.07, 6.45) is 4.94. The minimum absolute atomic E-state index is 0.536. The molecule has 0 aliphatic heterocycles. The van der Waals surface area contributed by atoms with E-state index in [0.29, 0.717) is 4.83 Å². The molecule has 0 amide bonds. The van der Waals surface area contributed by atoms with Crippen LogP contribution in [0.5, 0.6) is 0 Å². The molecule has 0 bridgehead atoms. The van der Waals surface area contributed by atoms with Gasteiger partial charge in [0, 0.05) is 4.83 Å². The van der Waals surface area contributed by atoms with Crippen molar-refractivity contribution in [3.8, 4) is 0 Å². The molecule has 0 aliphatic carbocycles. The third-order valence-electron chi connectivity index (χ3n) is 2.56. The van der Waals surface area contributed by atoms with Gasteiger partial charge >= 0.3 is 0 Å². The van der Waals surface area contributed by atoms with Gasteiger partial charge in [0.05, 0.1) is 0 Å². The van der Waals surface area contributed by atoms with E-state index in [1.165, 1.54) is 30.4 Å². The molecule has 0 saturated heterocycles. The zero-order chi connectivity index (χ0) is 10.4. The second kappa shape index (κ2) is 6.23. The van der Waals surface area contributed by atoms with E-state index >= 15 is 0 Å². The highest BCUT2D eigenvalue weighted by Gasteiger charge is 2.05. The number of aryl methyl sites for hydroxylation is 1. The van der Waals surface area contributed by atoms with Crippen LogP contribution < -0.4 is 0 Å². The summed E-state index contributed by atoms with van der Waals surface area (Å²) in [6.45, 7) is 4.43. The van der Waals surface area contributed by atoms with E-state index in [1.807, 2.05) is 0 Å². The van der Waals surface area contributed by atoms with Crippen LogP contribution in [0, 0.1) is 0 Å². The van der Waals surface area contributed by atoms with Gasteiger partial charge in [-0.15, -0.1) is 0 Å². The Labute approximate surface area is 95.9 Å². The third kappa shape index (κ3) is 3.45. The van der Waals surface area contributed by atoms with Crippen molar-refractivity contribution in [3.63, 3.8) is 0 Å². The average molecular weight is 255 g/mol. The molecule has 14 heavy (non-hydrogen) atoms. The van der Waals surface area contributed by atoms with Crippen LogP contribution in [0.1, 0.15) is 49.1 Å². The van der Waals surface area contributed by atoms with Crippen LogP contribution in [0.2, 0.25) is 0 Å². The Bertz CT molecular complexity index is 250. The largest absolute Gasteiger partial charge is 0.0839 e.